The minimum atomic E-state index is -3.11. The molecule has 0 unspecified atom stereocenters. The van der Waals surface area contributed by atoms with E-state index in [1.807, 2.05) is 0 Å². The molecular formula is H2Na2O3S2. The third-order valence-electron chi connectivity index (χ3n) is 0. The van der Waals surface area contributed by atoms with E-state index in [-0.39, 0.29) is 72.6 Å². The molecule has 0 aromatic rings. The van der Waals surface area contributed by atoms with E-state index in [0.717, 1.165) is 0 Å². The summed E-state index contributed by atoms with van der Waals surface area (Å²) in [5.74, 6) is 0. The molecule has 0 aliphatic carbocycles. The fraction of sp³-hybridized carbons (Fsp3) is 0. The van der Waals surface area contributed by atoms with Gasteiger partial charge in [0.15, 0.2) is 0 Å². The molecule has 0 rings (SSSR count). The fourth-order valence-electron chi connectivity index (χ4n) is 0. The van der Waals surface area contributed by atoms with E-state index >= 15 is 0 Å². The molecule has 0 heterocycles. The summed E-state index contributed by atoms with van der Waals surface area (Å²) in [5, 5.41) is 0. The molecule has 0 aromatic heterocycles. The molecule has 0 bridgehead atoms. The van der Waals surface area contributed by atoms with Crippen molar-refractivity contribution in [2.75, 3.05) is 0 Å². The van der Waals surface area contributed by atoms with Gasteiger partial charge in [-0.25, -0.2) is 0 Å². The van der Waals surface area contributed by atoms with E-state index in [0.29, 0.717) is 0 Å². The van der Waals surface area contributed by atoms with E-state index in [2.05, 4.69) is 0 Å². The van der Waals surface area contributed by atoms with Crippen LogP contribution in [0.5, 0.6) is 0 Å². The van der Waals surface area contributed by atoms with Crippen LogP contribution in [0, 0.1) is 0 Å². The van der Waals surface area contributed by atoms with Gasteiger partial charge >= 0.3 is 59.1 Å². The Balaban J connectivity index is -0.0000000150. The van der Waals surface area contributed by atoms with Gasteiger partial charge in [0, 0.05) is 0 Å². The van der Waals surface area contributed by atoms with Crippen LogP contribution in [0.4, 0.5) is 0 Å². The molecule has 0 aromatic carbocycles. The molecule has 3 nitrogen and oxygen atoms in total. The van der Waals surface area contributed by atoms with Crippen LogP contribution in [0.3, 0.4) is 0 Å². The van der Waals surface area contributed by atoms with E-state index in [4.69, 9.17) is 13.3 Å². The van der Waals surface area contributed by atoms with Crippen LogP contribution in [-0.2, 0) is 11.4 Å². The van der Waals surface area contributed by atoms with E-state index in [1.54, 1.807) is 0 Å². The van der Waals surface area contributed by atoms with E-state index < -0.39 is 11.4 Å². The van der Waals surface area contributed by atoms with Crippen molar-refractivity contribution in [3.8, 4) is 0 Å². The second-order valence-electron chi connectivity index (χ2n) is 0.204. The maximum absolute atomic E-state index is 8.44. The maximum atomic E-state index is 8.44. The van der Waals surface area contributed by atoms with Gasteiger partial charge in [-0.15, -0.1) is 11.4 Å². The first-order valence-corrected chi connectivity index (χ1v) is 1.50. The Morgan fingerprint density at radius 3 is 1.14 bits per heavy atom. The summed E-state index contributed by atoms with van der Waals surface area (Å²) in [6.45, 7) is 0. The number of hydrogen-bond acceptors (Lipinski definition) is 3. The van der Waals surface area contributed by atoms with Crippen LogP contribution >= 0.6 is 13.5 Å². The van der Waals surface area contributed by atoms with Gasteiger partial charge in [-0.3, -0.25) is 4.21 Å². The quantitative estimate of drug-likeness (QED) is 0.261. The smallest absolute Gasteiger partial charge is 0.784 e. The van der Waals surface area contributed by atoms with Crippen molar-refractivity contribution in [2.24, 2.45) is 0 Å². The monoisotopic (exact) mass is 160 g/mol. The summed E-state index contributed by atoms with van der Waals surface area (Å²) in [6, 6.07) is 0. The van der Waals surface area contributed by atoms with Crippen molar-refractivity contribution in [1.29, 1.82) is 0 Å². The van der Waals surface area contributed by atoms with Crippen molar-refractivity contribution >= 4 is 24.9 Å². The summed E-state index contributed by atoms with van der Waals surface area (Å²) in [4.78, 5) is 0. The van der Waals surface area contributed by atoms with Crippen molar-refractivity contribution in [3.63, 3.8) is 0 Å². The van der Waals surface area contributed by atoms with Gasteiger partial charge in [-0.05, 0) is 0 Å². The third-order valence-corrected chi connectivity index (χ3v) is 0. The Morgan fingerprint density at radius 1 is 1.14 bits per heavy atom. The largest absolute Gasteiger partial charge is 1.00 e. The Hall–Kier alpha value is 2.42. The Morgan fingerprint density at radius 2 is 1.14 bits per heavy atom. The Bertz CT molecular complexity index is 33.9. The molecule has 0 N–H and O–H groups in total. The summed E-state index contributed by atoms with van der Waals surface area (Å²) in [7, 11) is 0. The summed E-state index contributed by atoms with van der Waals surface area (Å²) in [5.41, 5.74) is 0. The van der Waals surface area contributed by atoms with E-state index in [1.165, 1.54) is 0 Å². The standard InChI is InChI=1S/2Na.H2O3S.H2S/c;;1-4(2)3;/h;;(H2,1,2,3);1H2/q2*+1;;/p-2. The SMILES string of the molecule is O=S([O-])[O-].S.[Na+].[Na+]. The molecule has 0 aliphatic rings. The molecule has 0 radical (unpaired) electrons. The van der Waals surface area contributed by atoms with Crippen molar-refractivity contribution in [2.45, 2.75) is 0 Å². The van der Waals surface area contributed by atoms with Crippen molar-refractivity contribution in [1.82, 2.24) is 0 Å². The van der Waals surface area contributed by atoms with E-state index in [9.17, 15) is 0 Å². The van der Waals surface area contributed by atoms with Crippen LogP contribution < -0.4 is 59.1 Å². The number of rotatable bonds is 0. The Labute approximate surface area is 95.8 Å². The fourth-order valence-corrected chi connectivity index (χ4v) is 0. The van der Waals surface area contributed by atoms with Gasteiger partial charge in [-0.1, -0.05) is 0 Å². The van der Waals surface area contributed by atoms with Gasteiger partial charge in [-0.2, -0.15) is 13.5 Å². The van der Waals surface area contributed by atoms with Gasteiger partial charge in [0.25, 0.3) is 0 Å². The van der Waals surface area contributed by atoms with Gasteiger partial charge in [0.1, 0.15) is 0 Å². The minimum absolute atomic E-state index is 0. The number of hydrogen-bond donors (Lipinski definition) is 0. The van der Waals surface area contributed by atoms with Gasteiger partial charge in [0.05, 0.1) is 0 Å². The third kappa shape index (κ3) is 59.3. The first-order valence-electron chi connectivity index (χ1n) is 0.500. The molecule has 7 heteroatoms. The summed E-state index contributed by atoms with van der Waals surface area (Å²) >= 11 is -3.11. The molecule has 34 valence electrons. The maximum Gasteiger partial charge on any atom is 1.00 e. The normalized spacial score (nSPS) is 5.00. The molecule has 0 fully saturated rings. The molecule has 0 spiro atoms. The second kappa shape index (κ2) is 15.8. The zero-order chi connectivity index (χ0) is 3.58. The van der Waals surface area contributed by atoms with Crippen LogP contribution in [0.2, 0.25) is 0 Å². The molecule has 7 heavy (non-hydrogen) atoms. The van der Waals surface area contributed by atoms with Crippen LogP contribution in [-0.4, -0.2) is 13.3 Å². The summed E-state index contributed by atoms with van der Waals surface area (Å²) in [6.07, 6.45) is 0. The molecule has 0 saturated heterocycles. The van der Waals surface area contributed by atoms with Gasteiger partial charge in [0.2, 0.25) is 0 Å². The molecular weight excluding hydrogens is 158 g/mol. The predicted molar refractivity (Wildman–Crippen MR) is 20.1 cm³/mol. The molecule has 0 amide bonds. The van der Waals surface area contributed by atoms with Crippen molar-refractivity contribution in [3.05, 3.63) is 0 Å². The second-order valence-corrected chi connectivity index (χ2v) is 0.612. The summed E-state index contributed by atoms with van der Waals surface area (Å²) < 4.78 is 25.3. The zero-order valence-corrected chi connectivity index (χ0v) is 9.95. The van der Waals surface area contributed by atoms with Crippen molar-refractivity contribution < 1.29 is 72.4 Å². The van der Waals surface area contributed by atoms with Gasteiger partial charge < -0.3 is 9.11 Å². The first kappa shape index (κ1) is 22.7. The molecule has 0 atom stereocenters. The van der Waals surface area contributed by atoms with Crippen LogP contribution in [0.15, 0.2) is 0 Å². The predicted octanol–water partition coefficient (Wildman–Crippen LogP) is -6.88. The average molecular weight is 160 g/mol. The molecule has 0 saturated carbocycles. The topological polar surface area (TPSA) is 63.2 Å². The van der Waals surface area contributed by atoms with Crippen LogP contribution in [0.1, 0.15) is 0 Å². The first-order chi connectivity index (χ1) is 1.73. The van der Waals surface area contributed by atoms with Crippen LogP contribution in [0.25, 0.3) is 0 Å². The Kier molecular flexibility index (Phi) is 51.3. The average Bonchev–Trinajstić information content (AvgIpc) is 0.811. The molecule has 0 aliphatic heterocycles. The minimum Gasteiger partial charge on any atom is -0.784 e. The zero-order valence-electron chi connectivity index (χ0n) is 4.13.